The third-order valence-corrected chi connectivity index (χ3v) is 4.04. The van der Waals surface area contributed by atoms with Gasteiger partial charge < -0.3 is 5.73 Å². The van der Waals surface area contributed by atoms with Gasteiger partial charge in [0.25, 0.3) is 0 Å². The Bertz CT molecular complexity index is 531. The summed E-state index contributed by atoms with van der Waals surface area (Å²) >= 11 is 0. The molecule has 0 saturated heterocycles. The van der Waals surface area contributed by atoms with Crippen LogP contribution in [0.5, 0.6) is 0 Å². The highest BCUT2D eigenvalue weighted by molar-refractivity contribution is 5.32. The van der Waals surface area contributed by atoms with Crippen LogP contribution in [0.15, 0.2) is 48.8 Å². The Morgan fingerprint density at radius 1 is 1.15 bits per heavy atom. The summed E-state index contributed by atoms with van der Waals surface area (Å²) in [5.41, 5.74) is 9.92. The number of nitrogens with two attached hydrogens (primary N) is 1. The topological polar surface area (TPSA) is 38.9 Å². The van der Waals surface area contributed by atoms with Crippen LogP contribution in [0.1, 0.15) is 43.4 Å². The first kappa shape index (κ1) is 14.7. The van der Waals surface area contributed by atoms with E-state index in [9.17, 15) is 0 Å². The van der Waals surface area contributed by atoms with E-state index < -0.39 is 0 Å². The lowest BCUT2D eigenvalue weighted by atomic mass is 9.77. The molecule has 2 nitrogen and oxygen atoms in total. The molecule has 0 aliphatic rings. The Kier molecular flexibility index (Phi) is 4.56. The molecule has 0 amide bonds. The SMILES string of the molecule is CC(C)c1ccc(C(C)(CN)Cc2cccnc2)cc1. The summed E-state index contributed by atoms with van der Waals surface area (Å²) in [4.78, 5) is 4.19. The van der Waals surface area contributed by atoms with Crippen molar-refractivity contribution in [2.45, 2.75) is 38.5 Å². The maximum Gasteiger partial charge on any atom is 0.0300 e. The van der Waals surface area contributed by atoms with Crippen LogP contribution in [0.4, 0.5) is 0 Å². The van der Waals surface area contributed by atoms with Gasteiger partial charge in [-0.1, -0.05) is 51.1 Å². The fourth-order valence-corrected chi connectivity index (χ4v) is 2.52. The Morgan fingerprint density at radius 3 is 2.35 bits per heavy atom. The lowest BCUT2D eigenvalue weighted by Gasteiger charge is -2.29. The van der Waals surface area contributed by atoms with Crippen molar-refractivity contribution in [1.82, 2.24) is 4.98 Å². The summed E-state index contributed by atoms with van der Waals surface area (Å²) < 4.78 is 0. The molecule has 1 aromatic heterocycles. The highest BCUT2D eigenvalue weighted by atomic mass is 14.6. The van der Waals surface area contributed by atoms with Crippen LogP contribution in [-0.4, -0.2) is 11.5 Å². The van der Waals surface area contributed by atoms with Gasteiger partial charge in [0, 0.05) is 24.4 Å². The number of benzene rings is 1. The number of pyridine rings is 1. The molecule has 0 aliphatic heterocycles. The summed E-state index contributed by atoms with van der Waals surface area (Å²) in [7, 11) is 0. The highest BCUT2D eigenvalue weighted by Crippen LogP contribution is 2.28. The number of hydrogen-bond donors (Lipinski definition) is 1. The minimum atomic E-state index is -0.0431. The van der Waals surface area contributed by atoms with E-state index >= 15 is 0 Å². The van der Waals surface area contributed by atoms with Crippen LogP contribution in [0, 0.1) is 0 Å². The molecule has 0 aliphatic carbocycles. The molecule has 20 heavy (non-hydrogen) atoms. The molecule has 0 fully saturated rings. The van der Waals surface area contributed by atoms with E-state index in [0.29, 0.717) is 12.5 Å². The van der Waals surface area contributed by atoms with E-state index in [1.165, 1.54) is 16.7 Å². The van der Waals surface area contributed by atoms with Crippen molar-refractivity contribution in [3.8, 4) is 0 Å². The number of hydrogen-bond acceptors (Lipinski definition) is 2. The average Bonchev–Trinajstić information content (AvgIpc) is 2.48. The van der Waals surface area contributed by atoms with Gasteiger partial charge in [0.15, 0.2) is 0 Å². The van der Waals surface area contributed by atoms with Crippen molar-refractivity contribution < 1.29 is 0 Å². The van der Waals surface area contributed by atoms with Gasteiger partial charge in [-0.3, -0.25) is 4.98 Å². The molecule has 1 heterocycles. The van der Waals surface area contributed by atoms with Gasteiger partial charge in [-0.05, 0) is 35.1 Å². The fourth-order valence-electron chi connectivity index (χ4n) is 2.52. The van der Waals surface area contributed by atoms with E-state index in [2.05, 4.69) is 56.1 Å². The van der Waals surface area contributed by atoms with Gasteiger partial charge in [0.2, 0.25) is 0 Å². The molecular weight excluding hydrogens is 244 g/mol. The predicted octanol–water partition coefficient (Wildman–Crippen LogP) is 3.66. The van der Waals surface area contributed by atoms with Crippen LogP contribution in [-0.2, 0) is 11.8 Å². The quantitative estimate of drug-likeness (QED) is 0.898. The van der Waals surface area contributed by atoms with Gasteiger partial charge in [-0.2, -0.15) is 0 Å². The first-order chi connectivity index (χ1) is 9.55. The van der Waals surface area contributed by atoms with Gasteiger partial charge in [-0.25, -0.2) is 0 Å². The second-order valence-electron chi connectivity index (χ2n) is 6.08. The van der Waals surface area contributed by atoms with E-state index in [1.807, 2.05) is 12.3 Å². The molecule has 2 rings (SSSR count). The lowest BCUT2D eigenvalue weighted by molar-refractivity contribution is 0.480. The normalized spacial score (nSPS) is 14.2. The molecule has 0 spiro atoms. The van der Waals surface area contributed by atoms with Gasteiger partial charge in [0.1, 0.15) is 0 Å². The molecule has 0 saturated carbocycles. The van der Waals surface area contributed by atoms with E-state index in [0.717, 1.165) is 6.42 Å². The number of aromatic nitrogens is 1. The lowest BCUT2D eigenvalue weighted by Crippen LogP contribution is -2.34. The maximum absolute atomic E-state index is 6.06. The van der Waals surface area contributed by atoms with Gasteiger partial charge in [-0.15, -0.1) is 0 Å². The Balaban J connectivity index is 2.26. The van der Waals surface area contributed by atoms with Crippen molar-refractivity contribution in [3.63, 3.8) is 0 Å². The molecule has 1 aromatic carbocycles. The molecule has 2 heteroatoms. The standard InChI is InChI=1S/C18H24N2/c1-14(2)16-6-8-17(9-7-16)18(3,13-19)11-15-5-4-10-20-12-15/h4-10,12,14H,11,13,19H2,1-3H3. The zero-order chi connectivity index (χ0) is 14.6. The summed E-state index contributed by atoms with van der Waals surface area (Å²) in [6.07, 6.45) is 4.65. The largest absolute Gasteiger partial charge is 0.330 e. The third kappa shape index (κ3) is 3.26. The molecule has 1 unspecified atom stereocenters. The number of nitrogens with zero attached hydrogens (tertiary/aromatic N) is 1. The molecule has 2 N–H and O–H groups in total. The van der Waals surface area contributed by atoms with Crippen LogP contribution < -0.4 is 5.73 Å². The van der Waals surface area contributed by atoms with E-state index in [-0.39, 0.29) is 5.41 Å². The third-order valence-electron chi connectivity index (χ3n) is 4.04. The smallest absolute Gasteiger partial charge is 0.0300 e. The Morgan fingerprint density at radius 2 is 1.85 bits per heavy atom. The zero-order valence-electron chi connectivity index (χ0n) is 12.6. The monoisotopic (exact) mass is 268 g/mol. The summed E-state index contributed by atoms with van der Waals surface area (Å²) in [5.74, 6) is 0.562. The summed E-state index contributed by atoms with van der Waals surface area (Å²) in [6, 6.07) is 13.0. The van der Waals surface area contributed by atoms with Crippen LogP contribution in [0.2, 0.25) is 0 Å². The predicted molar refractivity (Wildman–Crippen MR) is 84.9 cm³/mol. The first-order valence-corrected chi connectivity index (χ1v) is 7.24. The molecule has 1 atom stereocenters. The Labute approximate surface area is 122 Å². The fraction of sp³-hybridized carbons (Fsp3) is 0.389. The van der Waals surface area contributed by atoms with Crippen LogP contribution >= 0.6 is 0 Å². The molecule has 0 radical (unpaired) electrons. The molecule has 0 bridgehead atoms. The van der Waals surface area contributed by atoms with E-state index in [4.69, 9.17) is 5.73 Å². The van der Waals surface area contributed by atoms with Crippen LogP contribution in [0.3, 0.4) is 0 Å². The highest BCUT2D eigenvalue weighted by Gasteiger charge is 2.25. The van der Waals surface area contributed by atoms with Crippen molar-refractivity contribution in [3.05, 3.63) is 65.5 Å². The average molecular weight is 268 g/mol. The van der Waals surface area contributed by atoms with E-state index in [1.54, 1.807) is 6.20 Å². The zero-order valence-corrected chi connectivity index (χ0v) is 12.6. The van der Waals surface area contributed by atoms with Crippen molar-refractivity contribution in [1.29, 1.82) is 0 Å². The molecule has 2 aromatic rings. The maximum atomic E-state index is 6.06. The second-order valence-corrected chi connectivity index (χ2v) is 6.08. The van der Waals surface area contributed by atoms with Gasteiger partial charge in [0.05, 0.1) is 0 Å². The number of rotatable bonds is 5. The molecule has 106 valence electrons. The van der Waals surface area contributed by atoms with Crippen molar-refractivity contribution >= 4 is 0 Å². The first-order valence-electron chi connectivity index (χ1n) is 7.24. The summed E-state index contributed by atoms with van der Waals surface area (Å²) in [5, 5.41) is 0. The molecular formula is C18H24N2. The second kappa shape index (κ2) is 6.19. The van der Waals surface area contributed by atoms with Crippen molar-refractivity contribution in [2.24, 2.45) is 5.73 Å². The van der Waals surface area contributed by atoms with Crippen molar-refractivity contribution in [2.75, 3.05) is 6.54 Å². The minimum absolute atomic E-state index is 0.0431. The Hall–Kier alpha value is -1.67. The minimum Gasteiger partial charge on any atom is -0.330 e. The van der Waals surface area contributed by atoms with Crippen LogP contribution in [0.25, 0.3) is 0 Å². The van der Waals surface area contributed by atoms with Gasteiger partial charge >= 0.3 is 0 Å². The summed E-state index contributed by atoms with van der Waals surface area (Å²) in [6.45, 7) is 7.28.